The molecule has 0 fully saturated rings. The van der Waals surface area contributed by atoms with Gasteiger partial charge in [0, 0.05) is 18.7 Å². The first-order valence-corrected chi connectivity index (χ1v) is 11.1. The Kier molecular flexibility index (Phi) is 5.40. The van der Waals surface area contributed by atoms with Crippen LogP contribution in [0.15, 0.2) is 36.4 Å². The van der Waals surface area contributed by atoms with Gasteiger partial charge in [-0.15, -0.1) is 0 Å². The zero-order valence-corrected chi connectivity index (χ0v) is 19.3. The molecule has 0 saturated heterocycles. The number of ether oxygens (including phenoxy) is 3. The minimum absolute atomic E-state index is 0.0354. The predicted octanol–water partition coefficient (Wildman–Crippen LogP) is 4.42. The van der Waals surface area contributed by atoms with Gasteiger partial charge in [-0.3, -0.25) is 4.79 Å². The molecule has 2 aliphatic rings. The Morgan fingerprint density at radius 2 is 1.70 bits per heavy atom. The largest absolute Gasteiger partial charge is 0.493 e. The van der Waals surface area contributed by atoms with Crippen LogP contribution in [0.3, 0.4) is 0 Å². The Morgan fingerprint density at radius 3 is 2.39 bits per heavy atom. The van der Waals surface area contributed by atoms with Crippen LogP contribution >= 0.6 is 0 Å². The molecule has 7 heteroatoms. The second-order valence-corrected chi connectivity index (χ2v) is 8.45. The fourth-order valence-corrected chi connectivity index (χ4v) is 5.00. The summed E-state index contributed by atoms with van der Waals surface area (Å²) in [6.07, 6.45) is 2.00. The molecule has 0 radical (unpaired) electrons. The third-order valence-electron chi connectivity index (χ3n) is 6.59. The Morgan fingerprint density at radius 1 is 0.970 bits per heavy atom. The number of para-hydroxylation sites is 1. The van der Waals surface area contributed by atoms with Gasteiger partial charge in [0.15, 0.2) is 17.3 Å². The highest BCUT2D eigenvalue weighted by atomic mass is 16.5. The van der Waals surface area contributed by atoms with Gasteiger partial charge in [-0.05, 0) is 55.0 Å². The fourth-order valence-electron chi connectivity index (χ4n) is 5.00. The number of nitrogens with zero attached hydrogens (tertiary/aromatic N) is 3. The summed E-state index contributed by atoms with van der Waals surface area (Å²) in [5.74, 6) is 2.40. The lowest BCUT2D eigenvalue weighted by Crippen LogP contribution is -2.25. The van der Waals surface area contributed by atoms with Crippen molar-refractivity contribution in [1.82, 2.24) is 9.97 Å². The number of benzene rings is 2. The van der Waals surface area contributed by atoms with E-state index in [2.05, 4.69) is 23.1 Å². The molecule has 0 bridgehead atoms. The minimum atomic E-state index is -0.0354. The van der Waals surface area contributed by atoms with E-state index in [1.165, 1.54) is 5.56 Å². The first-order valence-electron chi connectivity index (χ1n) is 11.1. The third-order valence-corrected chi connectivity index (χ3v) is 6.59. The topological polar surface area (TPSA) is 73.8 Å². The molecule has 1 atom stereocenters. The van der Waals surface area contributed by atoms with Gasteiger partial charge in [0.2, 0.25) is 11.7 Å². The first-order chi connectivity index (χ1) is 16.0. The molecular weight excluding hydrogens is 418 g/mol. The molecule has 2 aromatic carbocycles. The van der Waals surface area contributed by atoms with Crippen molar-refractivity contribution in [2.24, 2.45) is 0 Å². The highest BCUT2D eigenvalue weighted by Crippen LogP contribution is 2.43. The number of hydrogen-bond acceptors (Lipinski definition) is 7. The molecule has 7 nitrogen and oxygen atoms in total. The van der Waals surface area contributed by atoms with E-state index < -0.39 is 0 Å². The van der Waals surface area contributed by atoms with Gasteiger partial charge in [-0.25, -0.2) is 9.97 Å². The fraction of sp³-hybridized carbons (Fsp3) is 0.346. The number of ketones is 1. The van der Waals surface area contributed by atoms with Gasteiger partial charge >= 0.3 is 0 Å². The lowest BCUT2D eigenvalue weighted by Gasteiger charge is -2.27. The average Bonchev–Trinajstić information content (AvgIpc) is 3.26. The van der Waals surface area contributed by atoms with Crippen LogP contribution in [0.5, 0.6) is 17.2 Å². The molecule has 170 valence electrons. The predicted molar refractivity (Wildman–Crippen MR) is 125 cm³/mol. The highest BCUT2D eigenvalue weighted by Gasteiger charge is 2.32. The average molecular weight is 446 g/mol. The number of rotatable bonds is 5. The van der Waals surface area contributed by atoms with Crippen LogP contribution in [0.4, 0.5) is 11.6 Å². The number of Topliss-reactive ketones (excluding diaryl/α,β-unsaturated/α-hetero) is 1. The zero-order chi connectivity index (χ0) is 23.1. The molecule has 1 aromatic heterocycles. The highest BCUT2D eigenvalue weighted by molar-refractivity contribution is 6.00. The van der Waals surface area contributed by atoms with E-state index in [1.807, 2.05) is 25.1 Å². The van der Waals surface area contributed by atoms with E-state index >= 15 is 0 Å². The van der Waals surface area contributed by atoms with E-state index in [0.717, 1.165) is 35.6 Å². The van der Waals surface area contributed by atoms with E-state index in [9.17, 15) is 4.79 Å². The molecule has 1 aliphatic heterocycles. The Hall–Kier alpha value is -3.61. The van der Waals surface area contributed by atoms with Crippen LogP contribution in [0.1, 0.15) is 45.2 Å². The van der Waals surface area contributed by atoms with Crippen molar-refractivity contribution in [3.8, 4) is 17.2 Å². The maximum absolute atomic E-state index is 13.2. The summed E-state index contributed by atoms with van der Waals surface area (Å²) in [6.45, 7) is 2.74. The maximum Gasteiger partial charge on any atom is 0.230 e. The summed E-state index contributed by atoms with van der Waals surface area (Å²) >= 11 is 0. The number of aromatic nitrogens is 2. The number of hydrogen-bond donors (Lipinski definition) is 0. The van der Waals surface area contributed by atoms with Crippen molar-refractivity contribution < 1.29 is 19.0 Å². The van der Waals surface area contributed by atoms with E-state index in [0.29, 0.717) is 41.6 Å². The quantitative estimate of drug-likeness (QED) is 0.576. The van der Waals surface area contributed by atoms with Crippen molar-refractivity contribution in [2.75, 3.05) is 32.8 Å². The molecular formula is C26H27N3O4. The monoisotopic (exact) mass is 445 g/mol. The van der Waals surface area contributed by atoms with Crippen molar-refractivity contribution in [3.63, 3.8) is 0 Å². The molecule has 33 heavy (non-hydrogen) atoms. The standard InChI is InChI=1S/C26H27N3O4/c1-15-24-19(28-26(27-15)29-10-9-16-7-5-6-8-20(16)29)11-17(12-21(24)30)18-13-22(31-2)25(33-4)23(14-18)32-3/h5-8,13-14,17H,9-12H2,1-4H3/t17-/m1/s1. The Labute approximate surface area is 193 Å². The van der Waals surface area contributed by atoms with E-state index in [4.69, 9.17) is 24.2 Å². The smallest absolute Gasteiger partial charge is 0.230 e. The first kappa shape index (κ1) is 21.2. The Balaban J connectivity index is 1.53. The lowest BCUT2D eigenvalue weighted by atomic mass is 9.81. The zero-order valence-electron chi connectivity index (χ0n) is 19.3. The number of aryl methyl sites for hydroxylation is 1. The lowest BCUT2D eigenvalue weighted by molar-refractivity contribution is 0.0962. The summed E-state index contributed by atoms with van der Waals surface area (Å²) in [4.78, 5) is 25.0. The van der Waals surface area contributed by atoms with Gasteiger partial charge in [0.25, 0.3) is 0 Å². The van der Waals surface area contributed by atoms with Gasteiger partial charge in [-0.2, -0.15) is 0 Å². The minimum Gasteiger partial charge on any atom is -0.493 e. The van der Waals surface area contributed by atoms with Crippen LogP contribution in [-0.2, 0) is 12.8 Å². The van der Waals surface area contributed by atoms with Crippen molar-refractivity contribution in [1.29, 1.82) is 0 Å². The van der Waals surface area contributed by atoms with E-state index in [-0.39, 0.29) is 11.7 Å². The number of methoxy groups -OCH3 is 3. The van der Waals surface area contributed by atoms with Crippen molar-refractivity contribution in [2.45, 2.75) is 32.1 Å². The molecule has 0 N–H and O–H groups in total. The summed E-state index contributed by atoms with van der Waals surface area (Å²) < 4.78 is 16.5. The summed E-state index contributed by atoms with van der Waals surface area (Å²) in [6, 6.07) is 12.2. The van der Waals surface area contributed by atoms with Crippen molar-refractivity contribution in [3.05, 3.63) is 64.5 Å². The number of carbonyl (C=O) groups is 1. The number of carbonyl (C=O) groups excluding carboxylic acids is 1. The number of anilines is 2. The van der Waals surface area contributed by atoms with Crippen molar-refractivity contribution >= 4 is 17.4 Å². The summed E-state index contributed by atoms with van der Waals surface area (Å²) in [5.41, 5.74) is 5.61. The van der Waals surface area contributed by atoms with Crippen LogP contribution in [0, 0.1) is 6.92 Å². The normalized spacial score (nSPS) is 16.9. The van der Waals surface area contributed by atoms with Crippen LogP contribution in [0.2, 0.25) is 0 Å². The SMILES string of the molecule is COc1cc([C@H]2CC(=O)c3c(C)nc(N4CCc5ccccc54)nc3C2)cc(OC)c1OC. The maximum atomic E-state index is 13.2. The Bertz CT molecular complexity index is 1220. The summed E-state index contributed by atoms with van der Waals surface area (Å²) in [5, 5.41) is 0. The molecule has 0 saturated carbocycles. The van der Waals surface area contributed by atoms with E-state index in [1.54, 1.807) is 21.3 Å². The van der Waals surface area contributed by atoms with Crippen LogP contribution < -0.4 is 19.1 Å². The van der Waals surface area contributed by atoms with Crippen LogP contribution in [0.25, 0.3) is 0 Å². The second-order valence-electron chi connectivity index (χ2n) is 8.45. The molecule has 3 aromatic rings. The van der Waals surface area contributed by atoms with Gasteiger partial charge in [0.1, 0.15) is 0 Å². The molecule has 0 amide bonds. The molecule has 1 aliphatic carbocycles. The van der Waals surface area contributed by atoms with Gasteiger partial charge in [0.05, 0.1) is 38.3 Å². The molecule has 0 unspecified atom stereocenters. The van der Waals surface area contributed by atoms with Crippen LogP contribution in [-0.4, -0.2) is 43.6 Å². The molecule has 5 rings (SSSR count). The van der Waals surface area contributed by atoms with Gasteiger partial charge in [-0.1, -0.05) is 18.2 Å². The number of fused-ring (bicyclic) bond motifs is 2. The summed E-state index contributed by atoms with van der Waals surface area (Å²) in [7, 11) is 4.77. The third kappa shape index (κ3) is 3.57. The molecule has 0 spiro atoms. The van der Waals surface area contributed by atoms with Gasteiger partial charge < -0.3 is 19.1 Å². The molecule has 2 heterocycles. The second kappa shape index (κ2) is 8.39.